The van der Waals surface area contributed by atoms with Crippen molar-refractivity contribution in [2.75, 3.05) is 12.3 Å². The Balaban J connectivity index is 1.85. The monoisotopic (exact) mass is 339 g/mol. The molecule has 2 N–H and O–H groups in total. The minimum Gasteiger partial charge on any atom is -0.466 e. The fourth-order valence-corrected chi connectivity index (χ4v) is 2.54. The number of nitrogen functional groups attached to an aromatic ring is 1. The Morgan fingerprint density at radius 2 is 1.92 bits per heavy atom. The molecule has 128 valence electrons. The van der Waals surface area contributed by atoms with Crippen LogP contribution in [0.1, 0.15) is 12.5 Å². The van der Waals surface area contributed by atoms with E-state index in [1.165, 1.54) is 10.7 Å². The second kappa shape index (κ2) is 7.17. The van der Waals surface area contributed by atoms with Crippen LogP contribution >= 0.6 is 0 Å². The summed E-state index contributed by atoms with van der Waals surface area (Å²) < 4.78 is 20.4. The molecule has 5 nitrogen and oxygen atoms in total. The van der Waals surface area contributed by atoms with Crippen LogP contribution in [0.5, 0.6) is 0 Å². The quantitative estimate of drug-likeness (QED) is 0.724. The molecule has 0 unspecified atom stereocenters. The Morgan fingerprint density at radius 3 is 2.60 bits per heavy atom. The highest BCUT2D eigenvalue weighted by Gasteiger charge is 2.12. The van der Waals surface area contributed by atoms with E-state index in [4.69, 9.17) is 10.5 Å². The Hall–Kier alpha value is -3.15. The van der Waals surface area contributed by atoms with Crippen molar-refractivity contribution in [2.45, 2.75) is 13.3 Å². The predicted octanol–water partition coefficient (Wildman–Crippen LogP) is 3.37. The lowest BCUT2D eigenvalue weighted by Crippen LogP contribution is -2.07. The lowest BCUT2D eigenvalue weighted by molar-refractivity contribution is -0.142. The number of carbonyl (C=O) groups excluding carboxylic acids is 1. The first-order chi connectivity index (χ1) is 12.1. The molecule has 0 radical (unpaired) electrons. The molecule has 0 spiro atoms. The number of halogens is 1. The molecule has 3 aromatic rings. The van der Waals surface area contributed by atoms with Gasteiger partial charge >= 0.3 is 5.97 Å². The lowest BCUT2D eigenvalue weighted by atomic mass is 10.1. The lowest BCUT2D eigenvalue weighted by Gasteiger charge is -2.06. The van der Waals surface area contributed by atoms with E-state index in [9.17, 15) is 9.18 Å². The average Bonchev–Trinajstić information content (AvgIpc) is 2.98. The first-order valence-electron chi connectivity index (χ1n) is 7.94. The summed E-state index contributed by atoms with van der Waals surface area (Å²) in [5.74, 6) is -0.218. The van der Waals surface area contributed by atoms with Gasteiger partial charge in [0.1, 0.15) is 11.6 Å². The predicted molar refractivity (Wildman–Crippen MR) is 93.7 cm³/mol. The highest BCUT2D eigenvalue weighted by atomic mass is 19.1. The normalized spacial score (nSPS) is 10.6. The molecular weight excluding hydrogens is 321 g/mol. The van der Waals surface area contributed by atoms with Crippen molar-refractivity contribution in [3.05, 3.63) is 66.0 Å². The summed E-state index contributed by atoms with van der Waals surface area (Å²) in [6.07, 6.45) is 0.211. The van der Waals surface area contributed by atoms with Crippen molar-refractivity contribution in [1.82, 2.24) is 9.78 Å². The van der Waals surface area contributed by atoms with Crippen molar-refractivity contribution in [3.8, 4) is 16.9 Å². The van der Waals surface area contributed by atoms with Gasteiger partial charge in [-0.1, -0.05) is 24.3 Å². The summed E-state index contributed by atoms with van der Waals surface area (Å²) in [7, 11) is 0. The van der Waals surface area contributed by atoms with Gasteiger partial charge in [-0.15, -0.1) is 0 Å². The number of anilines is 1. The minimum atomic E-state index is -0.350. The van der Waals surface area contributed by atoms with Gasteiger partial charge in [-0.05, 0) is 36.8 Å². The second-order valence-electron chi connectivity index (χ2n) is 5.49. The number of nitrogens with two attached hydrogens (primary N) is 1. The summed E-state index contributed by atoms with van der Waals surface area (Å²) in [5, 5.41) is 4.39. The number of ether oxygens (including phenoxy) is 1. The molecule has 0 bridgehead atoms. The maximum atomic E-state index is 13.9. The number of hydrogen-bond donors (Lipinski definition) is 1. The molecule has 1 aromatic heterocycles. The second-order valence-corrected chi connectivity index (χ2v) is 5.49. The topological polar surface area (TPSA) is 70.1 Å². The standard InChI is InChI=1S/C19H18FN3O2/c1-2-25-19(24)11-13-7-9-14(10-8-13)23-18(21)12-17(22-23)15-5-3-4-6-16(15)20/h3-10,12H,2,11,21H2,1H3. The van der Waals surface area contributed by atoms with E-state index in [0.717, 1.165) is 11.3 Å². The number of benzene rings is 2. The van der Waals surface area contributed by atoms with E-state index in [2.05, 4.69) is 5.10 Å². The smallest absolute Gasteiger partial charge is 0.310 e. The van der Waals surface area contributed by atoms with E-state index in [1.54, 1.807) is 31.2 Å². The maximum absolute atomic E-state index is 13.9. The molecule has 0 aliphatic carbocycles. The van der Waals surface area contributed by atoms with Gasteiger partial charge in [0.05, 0.1) is 24.4 Å². The molecule has 0 saturated carbocycles. The Kier molecular flexibility index (Phi) is 4.79. The van der Waals surface area contributed by atoms with E-state index >= 15 is 0 Å². The van der Waals surface area contributed by atoms with Crippen LogP contribution in [0.25, 0.3) is 16.9 Å². The number of hydrogen-bond acceptors (Lipinski definition) is 4. The first-order valence-corrected chi connectivity index (χ1v) is 7.94. The Bertz CT molecular complexity index is 888. The zero-order valence-electron chi connectivity index (χ0n) is 13.8. The van der Waals surface area contributed by atoms with Crippen LogP contribution in [-0.4, -0.2) is 22.4 Å². The Labute approximate surface area is 144 Å². The van der Waals surface area contributed by atoms with Crippen molar-refractivity contribution < 1.29 is 13.9 Å². The van der Waals surface area contributed by atoms with E-state index in [1.807, 2.05) is 24.3 Å². The van der Waals surface area contributed by atoms with Gasteiger partial charge in [0.15, 0.2) is 0 Å². The van der Waals surface area contributed by atoms with E-state index < -0.39 is 0 Å². The summed E-state index contributed by atoms with van der Waals surface area (Å²) in [6.45, 7) is 2.13. The summed E-state index contributed by atoms with van der Waals surface area (Å²) in [6, 6.07) is 15.3. The van der Waals surface area contributed by atoms with Crippen LogP contribution in [0.2, 0.25) is 0 Å². The molecule has 0 amide bonds. The van der Waals surface area contributed by atoms with Gasteiger partial charge < -0.3 is 10.5 Å². The minimum absolute atomic E-state index is 0.211. The number of rotatable bonds is 5. The molecule has 6 heteroatoms. The van der Waals surface area contributed by atoms with Gasteiger partial charge in [-0.25, -0.2) is 9.07 Å². The highest BCUT2D eigenvalue weighted by Crippen LogP contribution is 2.25. The number of aromatic nitrogens is 2. The van der Waals surface area contributed by atoms with Gasteiger partial charge in [-0.2, -0.15) is 5.10 Å². The SMILES string of the molecule is CCOC(=O)Cc1ccc(-n2nc(-c3ccccc3F)cc2N)cc1. The molecule has 2 aromatic carbocycles. The highest BCUT2D eigenvalue weighted by molar-refractivity contribution is 5.72. The van der Waals surface area contributed by atoms with Gasteiger partial charge in [-0.3, -0.25) is 4.79 Å². The van der Waals surface area contributed by atoms with Crippen molar-refractivity contribution >= 4 is 11.8 Å². The van der Waals surface area contributed by atoms with Crippen molar-refractivity contribution in [2.24, 2.45) is 0 Å². The molecule has 0 aliphatic heterocycles. The van der Waals surface area contributed by atoms with Crippen LogP contribution in [0.3, 0.4) is 0 Å². The molecule has 0 fully saturated rings. The maximum Gasteiger partial charge on any atom is 0.310 e. The first kappa shape index (κ1) is 16.7. The van der Waals surface area contributed by atoms with Crippen LogP contribution in [0, 0.1) is 5.82 Å². The van der Waals surface area contributed by atoms with Crippen LogP contribution < -0.4 is 5.73 Å². The molecular formula is C19H18FN3O2. The summed E-state index contributed by atoms with van der Waals surface area (Å²) in [5.41, 5.74) is 8.45. The van der Waals surface area contributed by atoms with Crippen molar-refractivity contribution in [1.29, 1.82) is 0 Å². The number of carbonyl (C=O) groups is 1. The van der Waals surface area contributed by atoms with Gasteiger partial charge in [0.2, 0.25) is 0 Å². The third-order valence-corrected chi connectivity index (χ3v) is 3.72. The average molecular weight is 339 g/mol. The van der Waals surface area contributed by atoms with Crippen molar-refractivity contribution in [3.63, 3.8) is 0 Å². The molecule has 0 atom stereocenters. The van der Waals surface area contributed by atoms with Crippen LogP contribution in [0.4, 0.5) is 10.2 Å². The van der Waals surface area contributed by atoms with Crippen LogP contribution in [-0.2, 0) is 16.0 Å². The van der Waals surface area contributed by atoms with Gasteiger partial charge in [0.25, 0.3) is 0 Å². The van der Waals surface area contributed by atoms with E-state index in [-0.39, 0.29) is 18.2 Å². The zero-order chi connectivity index (χ0) is 17.8. The third kappa shape index (κ3) is 3.68. The van der Waals surface area contributed by atoms with Crippen LogP contribution in [0.15, 0.2) is 54.6 Å². The van der Waals surface area contributed by atoms with Gasteiger partial charge in [0, 0.05) is 11.6 Å². The molecule has 1 heterocycles. The molecule has 3 rings (SSSR count). The fraction of sp³-hybridized carbons (Fsp3) is 0.158. The molecule has 25 heavy (non-hydrogen) atoms. The summed E-state index contributed by atoms with van der Waals surface area (Å²) in [4.78, 5) is 11.5. The molecule has 0 saturated heterocycles. The molecule has 0 aliphatic rings. The third-order valence-electron chi connectivity index (χ3n) is 3.72. The largest absolute Gasteiger partial charge is 0.466 e. The van der Waals surface area contributed by atoms with E-state index in [0.29, 0.717) is 23.7 Å². The number of esters is 1. The number of nitrogens with zero attached hydrogens (tertiary/aromatic N) is 2. The Morgan fingerprint density at radius 1 is 1.20 bits per heavy atom. The zero-order valence-corrected chi connectivity index (χ0v) is 13.8. The summed E-state index contributed by atoms with van der Waals surface area (Å²) >= 11 is 0. The fourth-order valence-electron chi connectivity index (χ4n) is 2.54.